The van der Waals surface area contributed by atoms with Crippen LogP contribution in [-0.2, 0) is 27.4 Å². The van der Waals surface area contributed by atoms with E-state index in [1.54, 1.807) is 0 Å². The first kappa shape index (κ1) is 28.1. The summed E-state index contributed by atoms with van der Waals surface area (Å²) < 4.78 is 16.7. The van der Waals surface area contributed by atoms with Gasteiger partial charge in [-0.25, -0.2) is 4.99 Å². The molecule has 0 aliphatic rings. The van der Waals surface area contributed by atoms with Crippen LogP contribution in [0.4, 0.5) is 0 Å². The zero-order chi connectivity index (χ0) is 20.5. The van der Waals surface area contributed by atoms with Crippen LogP contribution >= 0.6 is 24.0 Å². The van der Waals surface area contributed by atoms with Gasteiger partial charge in [-0.3, -0.25) is 0 Å². The van der Waals surface area contributed by atoms with Crippen LogP contribution in [0.15, 0.2) is 29.3 Å². The van der Waals surface area contributed by atoms with Crippen molar-refractivity contribution in [1.29, 1.82) is 0 Å². The molecule has 0 amide bonds. The van der Waals surface area contributed by atoms with Crippen LogP contribution in [-0.4, -0.2) is 51.6 Å². The fourth-order valence-corrected chi connectivity index (χ4v) is 2.33. The van der Waals surface area contributed by atoms with E-state index < -0.39 is 0 Å². The molecule has 0 atom stereocenters. The van der Waals surface area contributed by atoms with Crippen molar-refractivity contribution in [2.45, 2.75) is 59.8 Å². The zero-order valence-corrected chi connectivity index (χ0v) is 20.9. The lowest BCUT2D eigenvalue weighted by atomic mass is 10.1. The van der Waals surface area contributed by atoms with Gasteiger partial charge >= 0.3 is 0 Å². The summed E-state index contributed by atoms with van der Waals surface area (Å²) in [6.07, 6.45) is 2.52. The summed E-state index contributed by atoms with van der Waals surface area (Å²) >= 11 is 0. The van der Waals surface area contributed by atoms with Gasteiger partial charge < -0.3 is 24.8 Å². The van der Waals surface area contributed by atoms with E-state index >= 15 is 0 Å². The van der Waals surface area contributed by atoms with Crippen LogP contribution in [0.5, 0.6) is 0 Å². The zero-order valence-electron chi connectivity index (χ0n) is 18.5. The molecule has 0 aromatic heterocycles. The third kappa shape index (κ3) is 15.6. The number of benzene rings is 1. The molecule has 7 heteroatoms. The molecule has 1 aromatic carbocycles. The van der Waals surface area contributed by atoms with Gasteiger partial charge in [-0.05, 0) is 38.3 Å². The number of ether oxygens (including phenoxy) is 3. The lowest BCUT2D eigenvalue weighted by molar-refractivity contribution is 0.0487. The number of hydrogen-bond acceptors (Lipinski definition) is 4. The van der Waals surface area contributed by atoms with Crippen LogP contribution in [0.2, 0.25) is 0 Å². The monoisotopic (exact) mass is 521 g/mol. The van der Waals surface area contributed by atoms with Crippen molar-refractivity contribution in [3.63, 3.8) is 0 Å². The van der Waals surface area contributed by atoms with Crippen molar-refractivity contribution in [3.8, 4) is 0 Å². The summed E-state index contributed by atoms with van der Waals surface area (Å²) in [5, 5.41) is 6.56. The van der Waals surface area contributed by atoms with E-state index in [1.165, 1.54) is 11.1 Å². The number of halogens is 1. The first-order valence-electron chi connectivity index (χ1n) is 10.5. The fourth-order valence-electron chi connectivity index (χ4n) is 2.33. The average molecular weight is 521 g/mol. The Bertz CT molecular complexity index is 525. The third-order valence-corrected chi connectivity index (χ3v) is 3.92. The van der Waals surface area contributed by atoms with Crippen LogP contribution in [0, 0.1) is 0 Å². The SMILES string of the molecule is CCCCOCCOCCNC(=NCc1ccc(COC(C)C)cc1)NCC.I. The van der Waals surface area contributed by atoms with Gasteiger partial charge in [-0.2, -0.15) is 0 Å². The molecule has 1 aromatic rings. The number of unbranched alkanes of at least 4 members (excludes halogenated alkanes) is 1. The molecule has 29 heavy (non-hydrogen) atoms. The lowest BCUT2D eigenvalue weighted by Gasteiger charge is -2.12. The van der Waals surface area contributed by atoms with Crippen LogP contribution < -0.4 is 10.6 Å². The van der Waals surface area contributed by atoms with Gasteiger partial charge in [0.15, 0.2) is 5.96 Å². The summed E-state index contributed by atoms with van der Waals surface area (Å²) in [7, 11) is 0. The second kappa shape index (κ2) is 19.1. The number of guanidine groups is 1. The predicted octanol–water partition coefficient (Wildman–Crippen LogP) is 4.12. The highest BCUT2D eigenvalue weighted by molar-refractivity contribution is 14.0. The topological polar surface area (TPSA) is 64.1 Å². The number of nitrogens with one attached hydrogen (secondary N) is 2. The molecule has 0 saturated heterocycles. The smallest absolute Gasteiger partial charge is 0.191 e. The molecular formula is C22H40IN3O3. The summed E-state index contributed by atoms with van der Waals surface area (Å²) in [6.45, 7) is 13.9. The maximum absolute atomic E-state index is 5.63. The highest BCUT2D eigenvalue weighted by Crippen LogP contribution is 2.08. The Balaban J connectivity index is 0.00000784. The highest BCUT2D eigenvalue weighted by atomic mass is 127. The van der Waals surface area contributed by atoms with E-state index in [4.69, 9.17) is 14.2 Å². The standard InChI is InChI=1S/C22H39N3O3.HI/c1-5-7-13-26-15-16-27-14-12-24-22(23-6-2)25-17-20-8-10-21(11-9-20)18-28-19(3)4;/h8-11,19H,5-7,12-18H2,1-4H3,(H2,23,24,25);1H. The minimum atomic E-state index is 0. The molecular weight excluding hydrogens is 481 g/mol. The molecule has 2 N–H and O–H groups in total. The summed E-state index contributed by atoms with van der Waals surface area (Å²) in [5.74, 6) is 0.803. The Labute approximate surface area is 194 Å². The summed E-state index contributed by atoms with van der Waals surface area (Å²) in [4.78, 5) is 4.64. The largest absolute Gasteiger partial charge is 0.379 e. The third-order valence-electron chi connectivity index (χ3n) is 3.92. The van der Waals surface area contributed by atoms with Crippen LogP contribution in [0.25, 0.3) is 0 Å². The van der Waals surface area contributed by atoms with Crippen molar-refractivity contribution in [3.05, 3.63) is 35.4 Å². The van der Waals surface area contributed by atoms with Gasteiger partial charge in [0.1, 0.15) is 0 Å². The molecule has 0 heterocycles. The molecule has 0 saturated carbocycles. The number of hydrogen-bond donors (Lipinski definition) is 2. The number of rotatable bonds is 15. The molecule has 168 valence electrons. The molecule has 6 nitrogen and oxygen atoms in total. The molecule has 0 fully saturated rings. The second-order valence-corrected chi connectivity index (χ2v) is 6.88. The van der Waals surface area contributed by atoms with Gasteiger partial charge in [0.25, 0.3) is 0 Å². The molecule has 0 aliphatic heterocycles. The van der Waals surface area contributed by atoms with E-state index in [-0.39, 0.29) is 30.1 Å². The minimum absolute atomic E-state index is 0. The Kier molecular flexibility index (Phi) is 18.5. The number of aliphatic imine (C=N–C) groups is 1. The Morgan fingerprint density at radius 3 is 2.21 bits per heavy atom. The maximum Gasteiger partial charge on any atom is 0.191 e. The second-order valence-electron chi connectivity index (χ2n) is 6.88. The highest BCUT2D eigenvalue weighted by Gasteiger charge is 2.00. The molecule has 0 radical (unpaired) electrons. The van der Waals surface area contributed by atoms with Gasteiger partial charge in [-0.1, -0.05) is 37.6 Å². The van der Waals surface area contributed by atoms with E-state index in [0.717, 1.165) is 32.0 Å². The van der Waals surface area contributed by atoms with Crippen LogP contribution in [0.3, 0.4) is 0 Å². The Hall–Kier alpha value is -0.900. The van der Waals surface area contributed by atoms with Crippen molar-refractivity contribution >= 4 is 29.9 Å². The van der Waals surface area contributed by atoms with Gasteiger partial charge in [0, 0.05) is 19.7 Å². The van der Waals surface area contributed by atoms with E-state index in [9.17, 15) is 0 Å². The van der Waals surface area contributed by atoms with Crippen molar-refractivity contribution in [2.75, 3.05) is 39.5 Å². The lowest BCUT2D eigenvalue weighted by Crippen LogP contribution is -2.39. The average Bonchev–Trinajstić information content (AvgIpc) is 2.70. The predicted molar refractivity (Wildman–Crippen MR) is 131 cm³/mol. The van der Waals surface area contributed by atoms with Gasteiger partial charge in [-0.15, -0.1) is 24.0 Å². The fraction of sp³-hybridized carbons (Fsp3) is 0.682. The number of nitrogens with zero attached hydrogens (tertiary/aromatic N) is 1. The Morgan fingerprint density at radius 2 is 1.59 bits per heavy atom. The molecule has 1 rings (SSSR count). The van der Waals surface area contributed by atoms with Crippen molar-refractivity contribution < 1.29 is 14.2 Å². The van der Waals surface area contributed by atoms with Gasteiger partial charge in [0.2, 0.25) is 0 Å². The maximum atomic E-state index is 5.63. The molecule has 0 aliphatic carbocycles. The van der Waals surface area contributed by atoms with Crippen LogP contribution in [0.1, 0.15) is 51.7 Å². The summed E-state index contributed by atoms with van der Waals surface area (Å²) in [6, 6.07) is 8.41. The quantitative estimate of drug-likeness (QED) is 0.157. The first-order chi connectivity index (χ1) is 13.7. The van der Waals surface area contributed by atoms with E-state index in [1.807, 2.05) is 13.8 Å². The Morgan fingerprint density at radius 1 is 0.931 bits per heavy atom. The van der Waals surface area contributed by atoms with E-state index in [0.29, 0.717) is 39.5 Å². The van der Waals surface area contributed by atoms with Gasteiger partial charge in [0.05, 0.1) is 39.1 Å². The van der Waals surface area contributed by atoms with Crippen molar-refractivity contribution in [1.82, 2.24) is 10.6 Å². The minimum Gasteiger partial charge on any atom is -0.379 e. The molecule has 0 bridgehead atoms. The molecule has 0 unspecified atom stereocenters. The normalized spacial score (nSPS) is 11.4. The van der Waals surface area contributed by atoms with E-state index in [2.05, 4.69) is 53.7 Å². The summed E-state index contributed by atoms with van der Waals surface area (Å²) in [5.41, 5.74) is 2.35. The molecule has 0 spiro atoms. The van der Waals surface area contributed by atoms with Crippen molar-refractivity contribution in [2.24, 2.45) is 4.99 Å². The first-order valence-corrected chi connectivity index (χ1v) is 10.5.